The molecule has 20 heavy (non-hydrogen) atoms. The van der Waals surface area contributed by atoms with Gasteiger partial charge in [-0.2, -0.15) is 0 Å². The lowest BCUT2D eigenvalue weighted by Gasteiger charge is -2.02. The second-order valence-corrected chi connectivity index (χ2v) is 4.08. The number of nitrogens with one attached hydrogen (secondary N) is 1. The van der Waals surface area contributed by atoms with Gasteiger partial charge in [0.25, 0.3) is 0 Å². The van der Waals surface area contributed by atoms with Crippen LogP contribution in [0.15, 0.2) is 48.7 Å². The smallest absolute Gasteiger partial charge is 0.248 e. The Balaban J connectivity index is 1.96. The maximum atomic E-state index is 11.7. The first kappa shape index (κ1) is 13.6. The minimum Gasteiger partial charge on any atom is -0.481 e. The molecule has 5 heteroatoms. The predicted octanol–water partition coefficient (Wildman–Crippen LogP) is 2.32. The summed E-state index contributed by atoms with van der Waals surface area (Å²) in [6.07, 6.45) is 4.70. The van der Waals surface area contributed by atoms with Crippen LogP contribution in [0.25, 0.3) is 6.08 Å². The molecule has 1 heterocycles. The zero-order valence-electron chi connectivity index (χ0n) is 11.0. The van der Waals surface area contributed by atoms with E-state index in [0.717, 1.165) is 5.56 Å². The van der Waals surface area contributed by atoms with E-state index >= 15 is 0 Å². The Morgan fingerprint density at radius 2 is 2.00 bits per heavy atom. The highest BCUT2D eigenvalue weighted by atomic mass is 16.5. The minimum atomic E-state index is -0.228. The zero-order chi connectivity index (χ0) is 14.4. The molecule has 0 aliphatic rings. The molecule has 0 fully saturated rings. The Bertz CT molecular complexity index is 604. The second kappa shape index (κ2) is 6.38. The van der Waals surface area contributed by atoms with E-state index in [1.165, 1.54) is 19.4 Å². The third-order valence-corrected chi connectivity index (χ3v) is 2.58. The van der Waals surface area contributed by atoms with E-state index in [1.54, 1.807) is 30.3 Å². The Labute approximate surface area is 117 Å². The maximum Gasteiger partial charge on any atom is 0.248 e. The van der Waals surface area contributed by atoms with Crippen molar-refractivity contribution in [3.63, 3.8) is 0 Å². The third-order valence-electron chi connectivity index (χ3n) is 2.58. The number of pyridine rings is 1. The number of carbonyl (C=O) groups is 1. The summed E-state index contributed by atoms with van der Waals surface area (Å²) in [6, 6.07) is 10.7. The van der Waals surface area contributed by atoms with Gasteiger partial charge in [0.2, 0.25) is 11.8 Å². The minimum absolute atomic E-state index is 0.228. The number of ether oxygens (including phenoxy) is 1. The van der Waals surface area contributed by atoms with Crippen molar-refractivity contribution in [2.24, 2.45) is 0 Å². The monoisotopic (exact) mass is 269 g/mol. The highest BCUT2D eigenvalue weighted by Gasteiger charge is 1.99. The van der Waals surface area contributed by atoms with Crippen molar-refractivity contribution in [1.82, 2.24) is 4.98 Å². The largest absolute Gasteiger partial charge is 0.481 e. The van der Waals surface area contributed by atoms with Gasteiger partial charge in [-0.15, -0.1) is 0 Å². The standard InChI is InChI=1S/C15H15N3O2/c1-20-15-9-7-13(10-17-15)18-14(19)8-4-11-2-5-12(16)6-3-11/h2-10H,16H2,1H3,(H,18,19)/b8-4+. The van der Waals surface area contributed by atoms with Crippen LogP contribution in [0.2, 0.25) is 0 Å². The number of methoxy groups -OCH3 is 1. The van der Waals surface area contributed by atoms with Gasteiger partial charge in [0, 0.05) is 17.8 Å². The van der Waals surface area contributed by atoms with Gasteiger partial charge in [-0.3, -0.25) is 4.79 Å². The fourth-order valence-electron chi connectivity index (χ4n) is 1.54. The van der Waals surface area contributed by atoms with Crippen LogP contribution in [0.5, 0.6) is 5.88 Å². The summed E-state index contributed by atoms with van der Waals surface area (Å²) in [6.45, 7) is 0. The van der Waals surface area contributed by atoms with E-state index in [2.05, 4.69) is 10.3 Å². The van der Waals surface area contributed by atoms with E-state index in [4.69, 9.17) is 10.5 Å². The maximum absolute atomic E-state index is 11.7. The molecule has 3 N–H and O–H groups in total. The summed E-state index contributed by atoms with van der Waals surface area (Å²) in [7, 11) is 1.54. The highest BCUT2D eigenvalue weighted by Crippen LogP contribution is 2.11. The SMILES string of the molecule is COc1ccc(NC(=O)/C=C/c2ccc(N)cc2)cn1. The average molecular weight is 269 g/mol. The molecule has 102 valence electrons. The average Bonchev–Trinajstić information content (AvgIpc) is 2.47. The number of nitrogens with zero attached hydrogens (tertiary/aromatic N) is 1. The number of amides is 1. The van der Waals surface area contributed by atoms with Crippen LogP contribution in [0.1, 0.15) is 5.56 Å². The van der Waals surface area contributed by atoms with Crippen molar-refractivity contribution in [3.05, 3.63) is 54.2 Å². The molecule has 0 aliphatic heterocycles. The number of nitrogens with two attached hydrogens (primary N) is 1. The molecule has 2 rings (SSSR count). The van der Waals surface area contributed by atoms with Crippen LogP contribution in [-0.4, -0.2) is 18.0 Å². The van der Waals surface area contributed by atoms with E-state index in [0.29, 0.717) is 17.3 Å². The molecule has 0 atom stereocenters. The zero-order valence-corrected chi connectivity index (χ0v) is 11.0. The Morgan fingerprint density at radius 3 is 2.60 bits per heavy atom. The number of hydrogen-bond donors (Lipinski definition) is 2. The Kier molecular flexibility index (Phi) is 4.34. The highest BCUT2D eigenvalue weighted by molar-refractivity contribution is 6.01. The lowest BCUT2D eigenvalue weighted by Crippen LogP contribution is -2.07. The summed E-state index contributed by atoms with van der Waals surface area (Å²) in [5.41, 5.74) is 7.79. The molecular weight excluding hydrogens is 254 g/mol. The van der Waals surface area contributed by atoms with Crippen molar-refractivity contribution in [3.8, 4) is 5.88 Å². The van der Waals surface area contributed by atoms with Crippen molar-refractivity contribution >= 4 is 23.4 Å². The molecule has 0 saturated heterocycles. The van der Waals surface area contributed by atoms with Gasteiger partial charge in [-0.05, 0) is 29.8 Å². The Morgan fingerprint density at radius 1 is 1.25 bits per heavy atom. The van der Waals surface area contributed by atoms with Crippen molar-refractivity contribution in [2.45, 2.75) is 0 Å². The predicted molar refractivity (Wildman–Crippen MR) is 79.3 cm³/mol. The third kappa shape index (κ3) is 3.84. The van der Waals surface area contributed by atoms with E-state index < -0.39 is 0 Å². The summed E-state index contributed by atoms with van der Waals surface area (Å²) >= 11 is 0. The van der Waals surface area contributed by atoms with Gasteiger partial charge in [0.15, 0.2) is 0 Å². The van der Waals surface area contributed by atoms with Gasteiger partial charge in [-0.25, -0.2) is 4.98 Å². The topological polar surface area (TPSA) is 77.2 Å². The summed E-state index contributed by atoms with van der Waals surface area (Å²) in [4.78, 5) is 15.7. The van der Waals surface area contributed by atoms with Gasteiger partial charge < -0.3 is 15.8 Å². The van der Waals surface area contributed by atoms with E-state index in [1.807, 2.05) is 12.1 Å². The van der Waals surface area contributed by atoms with Crippen LogP contribution in [-0.2, 0) is 4.79 Å². The van der Waals surface area contributed by atoms with E-state index in [9.17, 15) is 4.79 Å². The molecule has 0 unspecified atom stereocenters. The van der Waals surface area contributed by atoms with Crippen molar-refractivity contribution in [2.75, 3.05) is 18.2 Å². The first-order chi connectivity index (χ1) is 9.67. The Hall–Kier alpha value is -2.82. The van der Waals surface area contributed by atoms with Gasteiger partial charge in [0.1, 0.15) is 0 Å². The second-order valence-electron chi connectivity index (χ2n) is 4.08. The number of anilines is 2. The fourth-order valence-corrected chi connectivity index (χ4v) is 1.54. The lowest BCUT2D eigenvalue weighted by molar-refractivity contribution is -0.111. The molecule has 2 aromatic rings. The molecule has 5 nitrogen and oxygen atoms in total. The number of aromatic nitrogens is 1. The molecule has 1 aromatic heterocycles. The van der Waals surface area contributed by atoms with Crippen LogP contribution in [0.4, 0.5) is 11.4 Å². The number of benzene rings is 1. The van der Waals surface area contributed by atoms with E-state index in [-0.39, 0.29) is 5.91 Å². The quantitative estimate of drug-likeness (QED) is 0.659. The number of rotatable bonds is 4. The molecule has 1 aromatic carbocycles. The van der Waals surface area contributed by atoms with Crippen LogP contribution in [0.3, 0.4) is 0 Å². The summed E-state index contributed by atoms with van der Waals surface area (Å²) in [5.74, 6) is 0.272. The molecule has 0 spiro atoms. The van der Waals surface area contributed by atoms with Gasteiger partial charge in [0.05, 0.1) is 19.0 Å². The number of nitrogen functional groups attached to an aromatic ring is 1. The fraction of sp³-hybridized carbons (Fsp3) is 0.0667. The summed E-state index contributed by atoms with van der Waals surface area (Å²) < 4.78 is 4.94. The van der Waals surface area contributed by atoms with Crippen LogP contribution >= 0.6 is 0 Å². The molecule has 0 saturated carbocycles. The molecular formula is C15H15N3O2. The lowest BCUT2D eigenvalue weighted by atomic mass is 10.2. The first-order valence-electron chi connectivity index (χ1n) is 6.02. The normalized spacial score (nSPS) is 10.4. The molecule has 0 aliphatic carbocycles. The van der Waals surface area contributed by atoms with Crippen molar-refractivity contribution in [1.29, 1.82) is 0 Å². The van der Waals surface area contributed by atoms with Gasteiger partial charge >= 0.3 is 0 Å². The van der Waals surface area contributed by atoms with Crippen LogP contribution in [0, 0.1) is 0 Å². The molecule has 1 amide bonds. The molecule has 0 bridgehead atoms. The summed E-state index contributed by atoms with van der Waals surface area (Å²) in [5, 5.41) is 2.71. The number of carbonyl (C=O) groups excluding carboxylic acids is 1. The van der Waals surface area contributed by atoms with Gasteiger partial charge in [-0.1, -0.05) is 12.1 Å². The van der Waals surface area contributed by atoms with Crippen LogP contribution < -0.4 is 15.8 Å². The first-order valence-corrected chi connectivity index (χ1v) is 6.02. The molecule has 0 radical (unpaired) electrons. The number of hydrogen-bond acceptors (Lipinski definition) is 4. The van der Waals surface area contributed by atoms with Crippen molar-refractivity contribution < 1.29 is 9.53 Å².